The first kappa shape index (κ1) is 22.7. The van der Waals surface area contributed by atoms with Gasteiger partial charge in [-0.05, 0) is 44.1 Å². The molecule has 0 aromatic rings. The molecule has 0 heterocycles. The summed E-state index contributed by atoms with van der Waals surface area (Å²) in [6, 6.07) is 0. The number of azide groups is 1. The molecule has 0 spiro atoms. The fourth-order valence-electron chi connectivity index (χ4n) is 2.81. The number of nitrogens with zero attached hydrogens (tertiary/aromatic N) is 3. The van der Waals surface area contributed by atoms with Crippen LogP contribution in [-0.2, 0) is 14.4 Å². The number of aliphatic carboxylic acids is 3. The first-order valence-corrected chi connectivity index (χ1v) is 8.53. The van der Waals surface area contributed by atoms with Crippen molar-refractivity contribution in [2.45, 2.75) is 82.6 Å². The zero-order valence-electron chi connectivity index (χ0n) is 14.4. The Hall–Kier alpha value is -2.28. The molecule has 0 bridgehead atoms. The van der Waals surface area contributed by atoms with Gasteiger partial charge in [-0.25, -0.2) is 0 Å². The third kappa shape index (κ3) is 12.8. The molecule has 0 aromatic heterocycles. The lowest BCUT2D eigenvalue weighted by molar-refractivity contribution is -0.138. The monoisotopic (exact) mass is 357 g/mol. The summed E-state index contributed by atoms with van der Waals surface area (Å²) in [4.78, 5) is 34.7. The molecule has 0 aromatic carbocycles. The standard InChI is InChI=1S/C16H27N3O6/c17-19-18-16(10-4-1-7-13(20)21,11-5-2-8-14(22)23)12-6-3-9-15(24)25/h1-12H2,(H,20,21)(H,22,23)(H,24,25). The van der Waals surface area contributed by atoms with Crippen molar-refractivity contribution in [2.24, 2.45) is 5.11 Å². The quantitative estimate of drug-likeness (QED) is 0.164. The number of hydrogen-bond acceptors (Lipinski definition) is 4. The highest BCUT2D eigenvalue weighted by molar-refractivity contribution is 5.67. The van der Waals surface area contributed by atoms with Gasteiger partial charge in [-0.2, -0.15) is 0 Å². The Balaban J connectivity index is 4.71. The predicted octanol–water partition coefficient (Wildman–Crippen LogP) is 3.97. The summed E-state index contributed by atoms with van der Waals surface area (Å²) >= 11 is 0. The van der Waals surface area contributed by atoms with E-state index in [4.69, 9.17) is 20.9 Å². The highest BCUT2D eigenvalue weighted by Gasteiger charge is 2.27. The maximum absolute atomic E-state index is 10.6. The molecule has 0 saturated carbocycles. The van der Waals surface area contributed by atoms with Crippen LogP contribution in [0.2, 0.25) is 0 Å². The molecule has 0 aliphatic carbocycles. The van der Waals surface area contributed by atoms with Gasteiger partial charge >= 0.3 is 17.9 Å². The van der Waals surface area contributed by atoms with Crippen molar-refractivity contribution in [1.29, 1.82) is 0 Å². The molecule has 25 heavy (non-hydrogen) atoms. The zero-order valence-corrected chi connectivity index (χ0v) is 14.4. The van der Waals surface area contributed by atoms with Gasteiger partial charge in [0, 0.05) is 29.7 Å². The second-order valence-electron chi connectivity index (χ2n) is 6.22. The SMILES string of the molecule is [N-]=[N+]=NC(CCCCC(=O)O)(CCCCC(=O)O)CCCCC(=O)O. The summed E-state index contributed by atoms with van der Waals surface area (Å²) in [5.74, 6) is -2.63. The molecule has 0 unspecified atom stereocenters. The predicted molar refractivity (Wildman–Crippen MR) is 90.2 cm³/mol. The van der Waals surface area contributed by atoms with Crippen LogP contribution in [0.25, 0.3) is 10.4 Å². The lowest BCUT2D eigenvalue weighted by Crippen LogP contribution is -2.26. The number of hydrogen-bond donors (Lipinski definition) is 3. The van der Waals surface area contributed by atoms with Crippen molar-refractivity contribution < 1.29 is 29.7 Å². The van der Waals surface area contributed by atoms with Crippen LogP contribution in [-0.4, -0.2) is 38.8 Å². The van der Waals surface area contributed by atoms with Crippen LogP contribution in [0.15, 0.2) is 5.11 Å². The third-order valence-electron chi connectivity index (χ3n) is 4.11. The highest BCUT2D eigenvalue weighted by atomic mass is 16.4. The van der Waals surface area contributed by atoms with Gasteiger partial charge in [0.25, 0.3) is 0 Å². The topological polar surface area (TPSA) is 161 Å². The van der Waals surface area contributed by atoms with Crippen LogP contribution in [0.1, 0.15) is 77.0 Å². The molecule has 0 fully saturated rings. The van der Waals surface area contributed by atoms with Crippen molar-refractivity contribution in [3.8, 4) is 0 Å². The average molecular weight is 357 g/mol. The highest BCUT2D eigenvalue weighted by Crippen LogP contribution is 2.32. The van der Waals surface area contributed by atoms with E-state index in [2.05, 4.69) is 10.0 Å². The van der Waals surface area contributed by atoms with Gasteiger partial charge in [-0.3, -0.25) is 14.4 Å². The molecule has 142 valence electrons. The maximum Gasteiger partial charge on any atom is 0.303 e. The Labute approximate surface area is 146 Å². The second kappa shape index (κ2) is 13.1. The van der Waals surface area contributed by atoms with E-state index in [-0.39, 0.29) is 19.3 Å². The van der Waals surface area contributed by atoms with E-state index in [1.807, 2.05) is 0 Å². The van der Waals surface area contributed by atoms with E-state index in [0.717, 1.165) is 0 Å². The van der Waals surface area contributed by atoms with Crippen LogP contribution in [0, 0.1) is 0 Å². The minimum atomic E-state index is -0.877. The first-order valence-electron chi connectivity index (χ1n) is 8.53. The maximum atomic E-state index is 10.6. The van der Waals surface area contributed by atoms with E-state index in [1.165, 1.54) is 0 Å². The van der Waals surface area contributed by atoms with Gasteiger partial charge in [-0.1, -0.05) is 24.4 Å². The Bertz CT molecular complexity index is 433. The summed E-state index contributed by atoms with van der Waals surface area (Å²) < 4.78 is 0. The number of rotatable bonds is 16. The zero-order chi connectivity index (χ0) is 19.1. The van der Waals surface area contributed by atoms with Gasteiger partial charge < -0.3 is 15.3 Å². The van der Waals surface area contributed by atoms with Crippen LogP contribution in [0.4, 0.5) is 0 Å². The van der Waals surface area contributed by atoms with Crippen molar-refractivity contribution in [3.63, 3.8) is 0 Å². The summed E-state index contributed by atoms with van der Waals surface area (Å²) in [5, 5.41) is 30.1. The lowest BCUT2D eigenvalue weighted by atomic mass is 9.82. The average Bonchev–Trinajstić information content (AvgIpc) is 2.52. The molecule has 0 aliphatic heterocycles. The largest absolute Gasteiger partial charge is 0.481 e. The molecule has 0 saturated heterocycles. The lowest BCUT2D eigenvalue weighted by Gasteiger charge is -2.29. The Morgan fingerprint density at radius 1 is 0.720 bits per heavy atom. The van der Waals surface area contributed by atoms with Crippen LogP contribution >= 0.6 is 0 Å². The minimum Gasteiger partial charge on any atom is -0.481 e. The fourth-order valence-corrected chi connectivity index (χ4v) is 2.81. The van der Waals surface area contributed by atoms with Gasteiger partial charge in [0.15, 0.2) is 0 Å². The van der Waals surface area contributed by atoms with Crippen LogP contribution < -0.4 is 0 Å². The molecule has 0 aliphatic rings. The Kier molecular flexibility index (Phi) is 11.9. The first-order chi connectivity index (χ1) is 11.8. The number of carbonyl (C=O) groups is 3. The number of carboxylic acid groups (broad SMARTS) is 3. The van der Waals surface area contributed by atoms with Crippen molar-refractivity contribution in [1.82, 2.24) is 0 Å². The van der Waals surface area contributed by atoms with E-state index >= 15 is 0 Å². The van der Waals surface area contributed by atoms with E-state index < -0.39 is 23.4 Å². The fraction of sp³-hybridized carbons (Fsp3) is 0.812. The third-order valence-corrected chi connectivity index (χ3v) is 4.11. The van der Waals surface area contributed by atoms with Gasteiger partial charge in [0.1, 0.15) is 0 Å². The molecular weight excluding hydrogens is 330 g/mol. The molecule has 0 amide bonds. The molecule has 9 nitrogen and oxygen atoms in total. The number of unbranched alkanes of at least 4 members (excludes halogenated alkanes) is 3. The summed E-state index contributed by atoms with van der Waals surface area (Å²) in [7, 11) is 0. The molecule has 0 rings (SSSR count). The Morgan fingerprint density at radius 3 is 1.28 bits per heavy atom. The van der Waals surface area contributed by atoms with Crippen molar-refractivity contribution >= 4 is 17.9 Å². The van der Waals surface area contributed by atoms with E-state index in [9.17, 15) is 14.4 Å². The van der Waals surface area contributed by atoms with Gasteiger partial charge in [0.2, 0.25) is 0 Å². The summed E-state index contributed by atoms with van der Waals surface area (Å²) in [5.41, 5.74) is 8.21. The molecule has 3 N–H and O–H groups in total. The smallest absolute Gasteiger partial charge is 0.303 e. The molecular formula is C16H27N3O6. The normalized spacial score (nSPS) is 10.9. The van der Waals surface area contributed by atoms with Gasteiger partial charge in [0.05, 0.1) is 0 Å². The van der Waals surface area contributed by atoms with E-state index in [0.29, 0.717) is 57.8 Å². The second-order valence-corrected chi connectivity index (χ2v) is 6.22. The molecule has 0 radical (unpaired) electrons. The minimum absolute atomic E-state index is 0.0460. The van der Waals surface area contributed by atoms with Crippen LogP contribution in [0.3, 0.4) is 0 Å². The van der Waals surface area contributed by atoms with Crippen LogP contribution in [0.5, 0.6) is 0 Å². The van der Waals surface area contributed by atoms with Gasteiger partial charge in [-0.15, -0.1) is 0 Å². The summed E-state index contributed by atoms with van der Waals surface area (Å²) in [6.45, 7) is 0. The molecule has 0 atom stereocenters. The Morgan fingerprint density at radius 2 is 1.04 bits per heavy atom. The van der Waals surface area contributed by atoms with Crippen molar-refractivity contribution in [2.75, 3.05) is 0 Å². The van der Waals surface area contributed by atoms with Crippen molar-refractivity contribution in [3.05, 3.63) is 10.4 Å². The summed E-state index contributed by atoms with van der Waals surface area (Å²) in [6.07, 6.45) is 4.88. The molecule has 9 heteroatoms. The van der Waals surface area contributed by atoms with E-state index in [1.54, 1.807) is 0 Å². The number of carboxylic acids is 3.